The number of anilines is 2. The third-order valence-corrected chi connectivity index (χ3v) is 5.11. The third kappa shape index (κ3) is 4.07. The molecule has 1 saturated heterocycles. The Morgan fingerprint density at radius 2 is 2.16 bits per heavy atom. The van der Waals surface area contributed by atoms with Crippen molar-refractivity contribution < 1.29 is 14.3 Å². The van der Waals surface area contributed by atoms with Crippen LogP contribution in [-0.2, 0) is 9.59 Å². The summed E-state index contributed by atoms with van der Waals surface area (Å²) in [7, 11) is 1.58. The van der Waals surface area contributed by atoms with E-state index in [0.717, 1.165) is 31.4 Å². The van der Waals surface area contributed by atoms with Gasteiger partial charge in [-0.05, 0) is 43.9 Å². The molecule has 3 N–H and O–H groups in total. The Morgan fingerprint density at radius 3 is 2.80 bits per heavy atom. The van der Waals surface area contributed by atoms with Crippen molar-refractivity contribution in [1.82, 2.24) is 0 Å². The Bertz CT molecular complexity index is 638. The number of ether oxygens (including phenoxy) is 1. The van der Waals surface area contributed by atoms with Gasteiger partial charge in [0.1, 0.15) is 5.75 Å². The molecule has 2 aliphatic rings. The lowest BCUT2D eigenvalue weighted by molar-refractivity contribution is -0.120. The number of nitrogens with one attached hydrogen (secondary N) is 1. The van der Waals surface area contributed by atoms with Crippen LogP contribution in [0.5, 0.6) is 5.75 Å². The third-order valence-electron chi connectivity index (χ3n) is 5.11. The molecule has 2 fully saturated rings. The molecule has 1 aromatic rings. The molecule has 1 aliphatic carbocycles. The molecule has 0 bridgehead atoms. The fourth-order valence-corrected chi connectivity index (χ4v) is 3.78. The van der Waals surface area contributed by atoms with E-state index < -0.39 is 0 Å². The van der Waals surface area contributed by atoms with E-state index in [1.165, 1.54) is 0 Å². The van der Waals surface area contributed by atoms with Gasteiger partial charge in [0.2, 0.25) is 11.8 Å². The first-order chi connectivity index (χ1) is 11.6. The number of hydrogen-bond donors (Lipinski definition) is 2. The number of nitrogens with two attached hydrogens (primary N) is 1. The topological polar surface area (TPSA) is 84.7 Å². The number of carbonyl (C=O) groups is 2. The van der Waals surface area contributed by atoms with Crippen LogP contribution in [0, 0.1) is 11.8 Å². The van der Waals surface area contributed by atoms with Crippen molar-refractivity contribution in [2.75, 3.05) is 30.4 Å². The standard InChI is InChI=1S/C18H25N3O3.ClH/c1-24-16-10-13(7-8-15(16)21-9-3-6-17(21)22)20-18(23)14-5-2-4-12(14)11-19;/h7-8,10,12,14H,2-6,9,11,19H2,1H3,(H,20,23);1H/t12-,14-;/m1./s1. The van der Waals surface area contributed by atoms with E-state index in [1.54, 1.807) is 18.1 Å². The second-order valence-electron chi connectivity index (χ2n) is 6.56. The maximum Gasteiger partial charge on any atom is 0.227 e. The van der Waals surface area contributed by atoms with Crippen LogP contribution in [0.2, 0.25) is 0 Å². The van der Waals surface area contributed by atoms with Crippen LogP contribution >= 0.6 is 12.4 Å². The van der Waals surface area contributed by atoms with E-state index in [0.29, 0.717) is 30.9 Å². The molecule has 2 atom stereocenters. The summed E-state index contributed by atoms with van der Waals surface area (Å²) in [6.45, 7) is 1.26. The summed E-state index contributed by atoms with van der Waals surface area (Å²) in [6.07, 6.45) is 4.41. The van der Waals surface area contributed by atoms with Crippen molar-refractivity contribution in [3.63, 3.8) is 0 Å². The Labute approximate surface area is 154 Å². The molecule has 1 saturated carbocycles. The van der Waals surface area contributed by atoms with Gasteiger partial charge in [0.05, 0.1) is 12.8 Å². The average Bonchev–Trinajstić information content (AvgIpc) is 3.23. The number of carbonyl (C=O) groups excluding carboxylic acids is 2. The predicted molar refractivity (Wildman–Crippen MR) is 100 cm³/mol. The molecule has 3 rings (SSSR count). The number of benzene rings is 1. The molecule has 1 heterocycles. The summed E-state index contributed by atoms with van der Waals surface area (Å²) in [4.78, 5) is 26.2. The molecular formula is C18H26ClN3O3. The minimum Gasteiger partial charge on any atom is -0.494 e. The molecule has 1 aromatic carbocycles. The van der Waals surface area contributed by atoms with Gasteiger partial charge in [-0.2, -0.15) is 0 Å². The number of rotatable bonds is 5. The van der Waals surface area contributed by atoms with Crippen LogP contribution in [0.4, 0.5) is 11.4 Å². The highest BCUT2D eigenvalue weighted by Crippen LogP contribution is 2.35. The van der Waals surface area contributed by atoms with Gasteiger partial charge in [-0.1, -0.05) is 6.42 Å². The van der Waals surface area contributed by atoms with Crippen molar-refractivity contribution in [3.05, 3.63) is 18.2 Å². The lowest BCUT2D eigenvalue weighted by atomic mass is 9.95. The first-order valence-electron chi connectivity index (χ1n) is 8.63. The number of nitrogens with zero attached hydrogens (tertiary/aromatic N) is 1. The van der Waals surface area contributed by atoms with E-state index in [1.807, 2.05) is 12.1 Å². The lowest BCUT2D eigenvalue weighted by Gasteiger charge is -2.21. The summed E-state index contributed by atoms with van der Waals surface area (Å²) < 4.78 is 5.43. The second-order valence-corrected chi connectivity index (χ2v) is 6.56. The summed E-state index contributed by atoms with van der Waals surface area (Å²) >= 11 is 0. The van der Waals surface area contributed by atoms with Gasteiger partial charge in [-0.25, -0.2) is 0 Å². The molecule has 0 unspecified atom stereocenters. The van der Waals surface area contributed by atoms with Crippen LogP contribution < -0.4 is 20.7 Å². The Morgan fingerprint density at radius 1 is 1.36 bits per heavy atom. The number of amides is 2. The molecule has 6 nitrogen and oxygen atoms in total. The average molecular weight is 368 g/mol. The predicted octanol–water partition coefficient (Wildman–Crippen LogP) is 2.56. The molecule has 25 heavy (non-hydrogen) atoms. The zero-order chi connectivity index (χ0) is 17.1. The van der Waals surface area contributed by atoms with E-state index in [2.05, 4.69) is 5.32 Å². The Hall–Kier alpha value is -1.79. The largest absolute Gasteiger partial charge is 0.494 e. The van der Waals surface area contributed by atoms with Crippen molar-refractivity contribution in [2.24, 2.45) is 17.6 Å². The van der Waals surface area contributed by atoms with Crippen LogP contribution in [0.15, 0.2) is 18.2 Å². The molecule has 0 radical (unpaired) electrons. The number of halogens is 1. The summed E-state index contributed by atoms with van der Waals surface area (Å²) in [5, 5.41) is 2.97. The van der Waals surface area contributed by atoms with Crippen LogP contribution in [0.1, 0.15) is 32.1 Å². The van der Waals surface area contributed by atoms with Crippen LogP contribution in [0.3, 0.4) is 0 Å². The van der Waals surface area contributed by atoms with Gasteiger partial charge < -0.3 is 20.7 Å². The minimum absolute atomic E-state index is 0. The van der Waals surface area contributed by atoms with Gasteiger partial charge in [0.25, 0.3) is 0 Å². The van der Waals surface area contributed by atoms with E-state index >= 15 is 0 Å². The van der Waals surface area contributed by atoms with Gasteiger partial charge in [-0.15, -0.1) is 12.4 Å². The fraction of sp³-hybridized carbons (Fsp3) is 0.556. The maximum atomic E-state index is 12.5. The van der Waals surface area contributed by atoms with Gasteiger partial charge >= 0.3 is 0 Å². The smallest absolute Gasteiger partial charge is 0.227 e. The first kappa shape index (κ1) is 19.5. The van der Waals surface area contributed by atoms with Gasteiger partial charge in [-0.3, -0.25) is 9.59 Å². The highest BCUT2D eigenvalue weighted by molar-refractivity contribution is 5.98. The zero-order valence-corrected chi connectivity index (χ0v) is 15.3. The van der Waals surface area contributed by atoms with E-state index in [9.17, 15) is 9.59 Å². The van der Waals surface area contributed by atoms with Crippen molar-refractivity contribution >= 4 is 35.6 Å². The molecule has 7 heteroatoms. The van der Waals surface area contributed by atoms with Crippen molar-refractivity contribution in [2.45, 2.75) is 32.1 Å². The summed E-state index contributed by atoms with van der Waals surface area (Å²) in [5.41, 5.74) is 7.22. The fourth-order valence-electron chi connectivity index (χ4n) is 3.78. The van der Waals surface area contributed by atoms with E-state index in [-0.39, 0.29) is 36.1 Å². The van der Waals surface area contributed by atoms with Crippen LogP contribution in [0.25, 0.3) is 0 Å². The van der Waals surface area contributed by atoms with Crippen molar-refractivity contribution in [1.29, 1.82) is 0 Å². The SMILES string of the molecule is COc1cc(NC(=O)[C@@H]2CCC[C@@H]2CN)ccc1N1CCCC1=O.Cl. The van der Waals surface area contributed by atoms with E-state index in [4.69, 9.17) is 10.5 Å². The molecular weight excluding hydrogens is 342 g/mol. The summed E-state index contributed by atoms with van der Waals surface area (Å²) in [5.74, 6) is 0.996. The number of hydrogen-bond acceptors (Lipinski definition) is 4. The first-order valence-corrected chi connectivity index (χ1v) is 8.63. The normalized spacial score (nSPS) is 22.6. The second kappa shape index (κ2) is 8.54. The van der Waals surface area contributed by atoms with Crippen LogP contribution in [-0.4, -0.2) is 32.0 Å². The molecule has 2 amide bonds. The maximum absolute atomic E-state index is 12.5. The highest BCUT2D eigenvalue weighted by atomic mass is 35.5. The van der Waals surface area contributed by atoms with Gasteiger partial charge in [0, 0.05) is 30.6 Å². The minimum atomic E-state index is -0.0131. The molecule has 1 aliphatic heterocycles. The number of methoxy groups -OCH3 is 1. The lowest BCUT2D eigenvalue weighted by Crippen LogP contribution is -2.29. The molecule has 0 aromatic heterocycles. The quantitative estimate of drug-likeness (QED) is 0.837. The molecule has 138 valence electrons. The van der Waals surface area contributed by atoms with Crippen molar-refractivity contribution in [3.8, 4) is 5.75 Å². The monoisotopic (exact) mass is 367 g/mol. The highest BCUT2D eigenvalue weighted by Gasteiger charge is 2.32. The zero-order valence-electron chi connectivity index (χ0n) is 14.5. The summed E-state index contributed by atoms with van der Waals surface area (Å²) in [6, 6.07) is 5.45. The van der Waals surface area contributed by atoms with Gasteiger partial charge in [0.15, 0.2) is 0 Å². The molecule has 0 spiro atoms. The Kier molecular flexibility index (Phi) is 6.67. The Balaban J connectivity index is 0.00000225.